The molecule has 0 fully saturated rings. The highest BCUT2D eigenvalue weighted by atomic mass is 16.3. The summed E-state index contributed by atoms with van der Waals surface area (Å²) < 4.78 is 0. The van der Waals surface area contributed by atoms with Crippen molar-refractivity contribution in [2.45, 2.75) is 173 Å². The van der Waals surface area contributed by atoms with Crippen LogP contribution in [0.3, 0.4) is 0 Å². The summed E-state index contributed by atoms with van der Waals surface area (Å²) in [6.45, 7) is 4.09. The van der Waals surface area contributed by atoms with Gasteiger partial charge >= 0.3 is 0 Å². The predicted molar refractivity (Wildman–Crippen MR) is 162 cm³/mol. The Hall–Kier alpha value is -1.17. The van der Waals surface area contributed by atoms with E-state index in [2.05, 4.69) is 43.5 Å². The molecule has 0 spiro atoms. The number of amides is 1. The number of rotatable bonds is 28. The molecule has 3 unspecified atom stereocenters. The number of allylic oxidation sites excluding steroid dienone is 4. The molecule has 38 heavy (non-hydrogen) atoms. The van der Waals surface area contributed by atoms with Gasteiger partial charge in [-0.25, -0.2) is 0 Å². The lowest BCUT2D eigenvalue weighted by Crippen LogP contribution is -2.50. The number of hydrogen-bond donors (Lipinski definition) is 4. The maximum Gasteiger partial charge on any atom is 0.220 e. The van der Waals surface area contributed by atoms with Crippen molar-refractivity contribution in [3.05, 3.63) is 24.3 Å². The Balaban J connectivity index is 3.82. The summed E-state index contributed by atoms with van der Waals surface area (Å²) >= 11 is 0. The van der Waals surface area contributed by atoms with Gasteiger partial charge in [-0.2, -0.15) is 0 Å². The number of unbranched alkanes of at least 4 members (excludes halogenated alkanes) is 16. The second-order valence-corrected chi connectivity index (χ2v) is 11.0. The molecule has 0 aromatic carbocycles. The number of nitrogens with one attached hydrogen (secondary N) is 1. The molecule has 1 amide bonds. The van der Waals surface area contributed by atoms with E-state index in [1.165, 1.54) is 83.5 Å². The fourth-order valence-corrected chi connectivity index (χ4v) is 4.70. The van der Waals surface area contributed by atoms with Crippen molar-refractivity contribution >= 4 is 5.91 Å². The molecule has 224 valence electrons. The molecule has 0 saturated carbocycles. The van der Waals surface area contributed by atoms with Gasteiger partial charge in [0.25, 0.3) is 0 Å². The molecular weight excluding hydrogens is 474 g/mol. The van der Waals surface area contributed by atoms with E-state index >= 15 is 0 Å². The largest absolute Gasteiger partial charge is 0.394 e. The minimum atomic E-state index is -1.16. The maximum atomic E-state index is 12.3. The number of carbonyl (C=O) groups is 1. The molecule has 5 heteroatoms. The van der Waals surface area contributed by atoms with Crippen molar-refractivity contribution in [2.24, 2.45) is 0 Å². The second kappa shape index (κ2) is 28.8. The molecule has 0 rings (SSSR count). The van der Waals surface area contributed by atoms with E-state index in [1.54, 1.807) is 0 Å². The van der Waals surface area contributed by atoms with Gasteiger partial charge in [-0.1, -0.05) is 122 Å². The SMILES string of the molecule is CCCCC/C=C/CC/C=C/CCCC(O)C(O)C(CO)NC(=O)CCCCCCCCCCCCCC. The summed E-state index contributed by atoms with van der Waals surface area (Å²) in [5, 5.41) is 33.1. The zero-order valence-electron chi connectivity index (χ0n) is 25.1. The van der Waals surface area contributed by atoms with Crippen LogP contribution in [0.15, 0.2) is 24.3 Å². The molecule has 0 heterocycles. The predicted octanol–water partition coefficient (Wildman–Crippen LogP) is 7.92. The van der Waals surface area contributed by atoms with Crippen molar-refractivity contribution in [3.8, 4) is 0 Å². The van der Waals surface area contributed by atoms with Crippen LogP contribution in [-0.2, 0) is 4.79 Å². The molecular formula is C33H63NO4. The highest BCUT2D eigenvalue weighted by Crippen LogP contribution is 2.13. The van der Waals surface area contributed by atoms with Crippen LogP contribution in [0.1, 0.15) is 155 Å². The molecule has 0 aliphatic carbocycles. The fourth-order valence-electron chi connectivity index (χ4n) is 4.70. The maximum absolute atomic E-state index is 12.3. The van der Waals surface area contributed by atoms with Crippen LogP contribution in [-0.4, -0.2) is 46.1 Å². The van der Waals surface area contributed by atoms with Gasteiger partial charge in [0.1, 0.15) is 6.10 Å². The number of carbonyl (C=O) groups excluding carboxylic acids is 1. The third-order valence-corrected chi connectivity index (χ3v) is 7.29. The van der Waals surface area contributed by atoms with Gasteiger partial charge in [0.2, 0.25) is 5.91 Å². The van der Waals surface area contributed by atoms with Gasteiger partial charge in [0.15, 0.2) is 0 Å². The minimum Gasteiger partial charge on any atom is -0.394 e. The molecule has 0 bridgehead atoms. The van der Waals surface area contributed by atoms with Crippen LogP contribution < -0.4 is 5.32 Å². The average Bonchev–Trinajstić information content (AvgIpc) is 2.92. The van der Waals surface area contributed by atoms with Crippen LogP contribution >= 0.6 is 0 Å². The van der Waals surface area contributed by atoms with E-state index in [4.69, 9.17) is 0 Å². The van der Waals surface area contributed by atoms with Crippen LogP contribution in [0.4, 0.5) is 0 Å². The average molecular weight is 538 g/mol. The first-order chi connectivity index (χ1) is 18.6. The first-order valence-corrected chi connectivity index (χ1v) is 16.1. The lowest BCUT2D eigenvalue weighted by molar-refractivity contribution is -0.124. The normalized spacial score (nSPS) is 14.3. The summed E-state index contributed by atoms with van der Waals surface area (Å²) in [4.78, 5) is 12.3. The van der Waals surface area contributed by atoms with Gasteiger partial charge in [-0.05, 0) is 51.4 Å². The Morgan fingerprint density at radius 2 is 1.08 bits per heavy atom. The van der Waals surface area contributed by atoms with E-state index < -0.39 is 18.2 Å². The summed E-state index contributed by atoms with van der Waals surface area (Å²) in [5.74, 6) is -0.162. The lowest BCUT2D eigenvalue weighted by atomic mass is 10.0. The quantitative estimate of drug-likeness (QED) is 0.0603. The zero-order chi connectivity index (χ0) is 28.1. The Bertz CT molecular complexity index is 563. The molecule has 0 aromatic rings. The van der Waals surface area contributed by atoms with E-state index in [0.717, 1.165) is 44.9 Å². The van der Waals surface area contributed by atoms with Crippen LogP contribution in [0.2, 0.25) is 0 Å². The molecule has 3 atom stereocenters. The summed E-state index contributed by atoms with van der Waals surface area (Å²) in [5.41, 5.74) is 0. The first kappa shape index (κ1) is 36.8. The molecule has 4 N–H and O–H groups in total. The summed E-state index contributed by atoms with van der Waals surface area (Å²) in [7, 11) is 0. The summed E-state index contributed by atoms with van der Waals surface area (Å²) in [6, 6.07) is -0.825. The standard InChI is InChI=1S/C33H63NO4/c1-3-5-7-9-11-13-15-17-19-21-23-25-27-31(36)33(38)30(29-35)34-32(37)28-26-24-22-20-18-16-14-12-10-8-6-4-2/h11,13,19,21,30-31,33,35-36,38H,3-10,12,14-18,20,22-29H2,1-2H3,(H,34,37)/b13-11+,21-19+. The molecule has 0 saturated heterocycles. The Kier molecular flexibility index (Phi) is 27.9. The zero-order valence-corrected chi connectivity index (χ0v) is 25.1. The Morgan fingerprint density at radius 1 is 0.632 bits per heavy atom. The van der Waals surface area contributed by atoms with Crippen molar-refractivity contribution in [1.82, 2.24) is 5.32 Å². The van der Waals surface area contributed by atoms with Crippen LogP contribution in [0, 0.1) is 0 Å². The number of aliphatic hydroxyl groups is 3. The Labute approximate surface area is 235 Å². The second-order valence-electron chi connectivity index (χ2n) is 11.0. The third-order valence-electron chi connectivity index (χ3n) is 7.29. The highest BCUT2D eigenvalue weighted by Gasteiger charge is 2.26. The van der Waals surface area contributed by atoms with Gasteiger partial charge in [-0.15, -0.1) is 0 Å². The van der Waals surface area contributed by atoms with Crippen LogP contribution in [0.5, 0.6) is 0 Å². The van der Waals surface area contributed by atoms with Crippen molar-refractivity contribution in [1.29, 1.82) is 0 Å². The van der Waals surface area contributed by atoms with Gasteiger partial charge in [0.05, 0.1) is 18.8 Å². The van der Waals surface area contributed by atoms with Crippen LogP contribution in [0.25, 0.3) is 0 Å². The molecule has 0 aliphatic heterocycles. The van der Waals surface area contributed by atoms with E-state index in [9.17, 15) is 20.1 Å². The first-order valence-electron chi connectivity index (χ1n) is 16.1. The van der Waals surface area contributed by atoms with E-state index in [-0.39, 0.29) is 12.5 Å². The van der Waals surface area contributed by atoms with Gasteiger partial charge < -0.3 is 20.6 Å². The van der Waals surface area contributed by atoms with E-state index in [1.807, 2.05) is 0 Å². The third kappa shape index (κ3) is 23.9. The molecule has 0 radical (unpaired) electrons. The molecule has 0 aliphatic rings. The van der Waals surface area contributed by atoms with Gasteiger partial charge in [-0.3, -0.25) is 4.79 Å². The topological polar surface area (TPSA) is 89.8 Å². The van der Waals surface area contributed by atoms with Crippen molar-refractivity contribution in [2.75, 3.05) is 6.61 Å². The monoisotopic (exact) mass is 537 g/mol. The number of hydrogen-bond acceptors (Lipinski definition) is 4. The highest BCUT2D eigenvalue weighted by molar-refractivity contribution is 5.76. The summed E-state index contributed by atoms with van der Waals surface area (Å²) in [6.07, 6.45) is 31.2. The minimum absolute atomic E-state index is 0.162. The molecule has 5 nitrogen and oxygen atoms in total. The fraction of sp³-hybridized carbons (Fsp3) is 0.848. The van der Waals surface area contributed by atoms with Crippen molar-refractivity contribution in [3.63, 3.8) is 0 Å². The molecule has 0 aromatic heterocycles. The van der Waals surface area contributed by atoms with Crippen molar-refractivity contribution < 1.29 is 20.1 Å². The lowest BCUT2D eigenvalue weighted by Gasteiger charge is -2.26. The smallest absolute Gasteiger partial charge is 0.220 e. The van der Waals surface area contributed by atoms with Gasteiger partial charge in [0, 0.05) is 6.42 Å². The number of aliphatic hydroxyl groups excluding tert-OH is 3. The van der Waals surface area contributed by atoms with E-state index in [0.29, 0.717) is 12.8 Å². The Morgan fingerprint density at radius 3 is 1.61 bits per heavy atom.